The number of para-hydroxylation sites is 1. The van der Waals surface area contributed by atoms with Gasteiger partial charge < -0.3 is 14.0 Å². The molecule has 0 saturated carbocycles. The summed E-state index contributed by atoms with van der Waals surface area (Å²) >= 11 is 0. The van der Waals surface area contributed by atoms with Crippen LogP contribution in [0.1, 0.15) is 24.5 Å². The highest BCUT2D eigenvalue weighted by atomic mass is 16.2. The molecule has 0 N–H and O–H groups in total. The number of pyridine rings is 1. The predicted octanol–water partition coefficient (Wildman–Crippen LogP) is 4.51. The summed E-state index contributed by atoms with van der Waals surface area (Å²) in [5.41, 5.74) is 4.63. The van der Waals surface area contributed by atoms with Crippen LogP contribution >= 0.6 is 0 Å². The summed E-state index contributed by atoms with van der Waals surface area (Å²) in [6.45, 7) is 2.82. The maximum Gasteiger partial charge on any atom is 0.250 e. The average molecular weight is 438 g/mol. The van der Waals surface area contributed by atoms with Crippen molar-refractivity contribution in [3.63, 3.8) is 0 Å². The van der Waals surface area contributed by atoms with Crippen molar-refractivity contribution in [2.75, 3.05) is 13.1 Å². The first-order valence-electron chi connectivity index (χ1n) is 11.8. The fourth-order valence-corrected chi connectivity index (χ4v) is 5.77. The molecule has 2 atom stereocenters. The number of nitrogens with zero attached hydrogens (tertiary/aromatic N) is 3. The first kappa shape index (κ1) is 20.0. The number of carbonyl (C=O) groups is 1. The first-order valence-corrected chi connectivity index (χ1v) is 11.8. The quantitative estimate of drug-likeness (QED) is 0.472. The molecule has 0 radical (unpaired) electrons. The molecule has 33 heavy (non-hydrogen) atoms. The Balaban J connectivity index is 1.24. The molecule has 0 unspecified atom stereocenters. The minimum absolute atomic E-state index is 0.0786. The van der Waals surface area contributed by atoms with Gasteiger partial charge in [-0.05, 0) is 36.1 Å². The number of likely N-dealkylation sites (tertiary alicyclic amines) is 1. The molecule has 1 amide bonds. The molecule has 1 fully saturated rings. The number of hydrogen-bond acceptors (Lipinski definition) is 2. The molecule has 4 heterocycles. The fraction of sp³-hybridized carbons (Fsp3) is 0.286. The van der Waals surface area contributed by atoms with Crippen molar-refractivity contribution in [1.29, 1.82) is 0 Å². The Labute approximate surface area is 192 Å². The summed E-state index contributed by atoms with van der Waals surface area (Å²) in [6, 6.07) is 26.5. The van der Waals surface area contributed by atoms with Crippen molar-refractivity contribution < 1.29 is 4.79 Å². The number of rotatable bonds is 4. The van der Waals surface area contributed by atoms with E-state index >= 15 is 0 Å². The number of fused-ring (bicyclic) bond motifs is 5. The van der Waals surface area contributed by atoms with E-state index in [0.29, 0.717) is 25.4 Å². The lowest BCUT2D eigenvalue weighted by Crippen LogP contribution is -2.49. The minimum atomic E-state index is 0.0786. The lowest BCUT2D eigenvalue weighted by molar-refractivity contribution is -0.134. The van der Waals surface area contributed by atoms with Crippen molar-refractivity contribution in [1.82, 2.24) is 14.0 Å². The molecule has 0 spiro atoms. The van der Waals surface area contributed by atoms with E-state index in [1.54, 1.807) is 6.07 Å². The van der Waals surface area contributed by atoms with Gasteiger partial charge in [0.05, 0.1) is 0 Å². The second-order valence-corrected chi connectivity index (χ2v) is 9.35. The van der Waals surface area contributed by atoms with Crippen LogP contribution in [0.4, 0.5) is 0 Å². The molecule has 0 aliphatic carbocycles. The second-order valence-electron chi connectivity index (χ2n) is 9.35. The van der Waals surface area contributed by atoms with Crippen molar-refractivity contribution in [3.8, 4) is 11.3 Å². The second kappa shape index (κ2) is 8.07. The number of hydrogen-bond donors (Lipinski definition) is 0. The van der Waals surface area contributed by atoms with Gasteiger partial charge in [0.25, 0.3) is 5.56 Å². The normalized spacial score (nSPS) is 19.5. The zero-order chi connectivity index (χ0) is 22.4. The molecule has 2 aliphatic rings. The Morgan fingerprint density at radius 2 is 1.70 bits per heavy atom. The van der Waals surface area contributed by atoms with E-state index in [2.05, 4.69) is 59.2 Å². The Kier molecular flexibility index (Phi) is 4.90. The van der Waals surface area contributed by atoms with Crippen molar-refractivity contribution in [3.05, 3.63) is 94.9 Å². The van der Waals surface area contributed by atoms with Crippen LogP contribution in [0.2, 0.25) is 0 Å². The maximum atomic E-state index is 13.3. The van der Waals surface area contributed by atoms with Crippen molar-refractivity contribution in [2.45, 2.75) is 31.8 Å². The number of carbonyl (C=O) groups excluding carboxylic acids is 1. The van der Waals surface area contributed by atoms with Crippen LogP contribution in [0.15, 0.2) is 83.7 Å². The minimum Gasteiger partial charge on any atom is -0.342 e. The topological polar surface area (TPSA) is 47.2 Å². The van der Waals surface area contributed by atoms with Crippen LogP contribution in [0, 0.1) is 5.92 Å². The van der Waals surface area contributed by atoms with Crippen LogP contribution in [0.5, 0.6) is 0 Å². The van der Waals surface area contributed by atoms with Gasteiger partial charge in [-0.25, -0.2) is 0 Å². The first-order chi connectivity index (χ1) is 16.2. The molecule has 4 aromatic rings. The summed E-state index contributed by atoms with van der Waals surface area (Å²) in [6.07, 6.45) is 1.53. The van der Waals surface area contributed by atoms with Crippen molar-refractivity contribution in [2.24, 2.45) is 5.92 Å². The molecule has 2 bridgehead atoms. The fourth-order valence-electron chi connectivity index (χ4n) is 5.77. The largest absolute Gasteiger partial charge is 0.342 e. The average Bonchev–Trinajstić information content (AvgIpc) is 3.22. The molecule has 2 aliphatic heterocycles. The zero-order valence-corrected chi connectivity index (χ0v) is 18.6. The van der Waals surface area contributed by atoms with Crippen LogP contribution in [-0.2, 0) is 17.9 Å². The van der Waals surface area contributed by atoms with Gasteiger partial charge in [-0.15, -0.1) is 0 Å². The van der Waals surface area contributed by atoms with Gasteiger partial charge in [0.1, 0.15) is 0 Å². The van der Waals surface area contributed by atoms with Crippen LogP contribution in [-0.4, -0.2) is 33.0 Å². The van der Waals surface area contributed by atoms with E-state index in [4.69, 9.17) is 0 Å². The molecule has 1 saturated heterocycles. The summed E-state index contributed by atoms with van der Waals surface area (Å²) in [5.74, 6) is 0.809. The summed E-state index contributed by atoms with van der Waals surface area (Å²) < 4.78 is 4.20. The summed E-state index contributed by atoms with van der Waals surface area (Å²) in [4.78, 5) is 27.6. The molecule has 5 nitrogen and oxygen atoms in total. The highest BCUT2D eigenvalue weighted by Gasteiger charge is 2.36. The van der Waals surface area contributed by atoms with E-state index in [-0.39, 0.29) is 17.4 Å². The Bertz CT molecular complexity index is 1390. The number of aromatic nitrogens is 2. The molecular weight excluding hydrogens is 410 g/mol. The smallest absolute Gasteiger partial charge is 0.250 e. The highest BCUT2D eigenvalue weighted by Crippen LogP contribution is 2.35. The number of aryl methyl sites for hydroxylation is 1. The zero-order valence-electron chi connectivity index (χ0n) is 18.6. The van der Waals surface area contributed by atoms with Gasteiger partial charge in [-0.3, -0.25) is 9.59 Å². The highest BCUT2D eigenvalue weighted by molar-refractivity contribution is 5.87. The van der Waals surface area contributed by atoms with Crippen molar-refractivity contribution >= 4 is 16.8 Å². The van der Waals surface area contributed by atoms with E-state index in [1.165, 1.54) is 5.39 Å². The van der Waals surface area contributed by atoms with Crippen LogP contribution in [0.3, 0.4) is 0 Å². The molecule has 5 heteroatoms. The SMILES string of the molecule is O=C(CCn1c(-c2ccccc2)cc2ccccc21)N1C[C@@H]2C[C@@H](C1)c1cccc(=O)n1C2. The Morgan fingerprint density at radius 1 is 0.879 bits per heavy atom. The number of amides is 1. The van der Waals surface area contributed by atoms with Gasteiger partial charge in [0.15, 0.2) is 0 Å². The lowest BCUT2D eigenvalue weighted by Gasteiger charge is -2.42. The molecular formula is C28H27N3O2. The van der Waals surface area contributed by atoms with Gasteiger partial charge in [0.2, 0.25) is 5.91 Å². The third kappa shape index (κ3) is 3.58. The number of benzene rings is 2. The molecule has 2 aromatic carbocycles. The third-order valence-corrected chi connectivity index (χ3v) is 7.26. The van der Waals surface area contributed by atoms with Crippen LogP contribution < -0.4 is 5.56 Å². The van der Waals surface area contributed by atoms with Gasteiger partial charge in [-0.1, -0.05) is 54.6 Å². The van der Waals surface area contributed by atoms with E-state index < -0.39 is 0 Å². The van der Waals surface area contributed by atoms with E-state index in [9.17, 15) is 9.59 Å². The standard InChI is InChI=1S/C28H27N3O2/c32-27(29-17-20-15-23(19-29)25-11-6-12-28(33)31(25)18-20)13-14-30-24-10-5-4-9-22(24)16-26(30)21-7-2-1-3-8-21/h1-12,16,20,23H,13-15,17-19H2/t20-,23-/m0/s1. The third-order valence-electron chi connectivity index (χ3n) is 7.26. The maximum absolute atomic E-state index is 13.3. The number of piperidine rings is 1. The monoisotopic (exact) mass is 437 g/mol. The van der Waals surface area contributed by atoms with E-state index in [1.807, 2.05) is 27.7 Å². The Hall–Kier alpha value is -3.60. The molecule has 6 rings (SSSR count). The van der Waals surface area contributed by atoms with Gasteiger partial charge >= 0.3 is 0 Å². The summed E-state index contributed by atoms with van der Waals surface area (Å²) in [7, 11) is 0. The lowest BCUT2D eigenvalue weighted by atomic mass is 9.83. The van der Waals surface area contributed by atoms with Gasteiger partial charge in [-0.2, -0.15) is 0 Å². The molecule has 2 aromatic heterocycles. The van der Waals surface area contributed by atoms with E-state index in [0.717, 1.165) is 42.0 Å². The summed E-state index contributed by atoms with van der Waals surface area (Å²) in [5, 5.41) is 1.19. The Morgan fingerprint density at radius 3 is 2.58 bits per heavy atom. The van der Waals surface area contributed by atoms with Gasteiger partial charge in [0, 0.05) is 66.9 Å². The molecule has 166 valence electrons. The predicted molar refractivity (Wildman–Crippen MR) is 130 cm³/mol. The van der Waals surface area contributed by atoms with Crippen LogP contribution in [0.25, 0.3) is 22.2 Å².